The van der Waals surface area contributed by atoms with Crippen LogP contribution in [0.2, 0.25) is 0 Å². The molecule has 126 valence electrons. The lowest BCUT2D eigenvalue weighted by Crippen LogP contribution is -1.93. The van der Waals surface area contributed by atoms with Crippen molar-refractivity contribution in [1.82, 2.24) is 0 Å². The molecule has 2 nitrogen and oxygen atoms in total. The van der Waals surface area contributed by atoms with Crippen LogP contribution < -0.4 is 9.47 Å². The summed E-state index contributed by atoms with van der Waals surface area (Å²) in [6.45, 7) is 0. The molecule has 0 saturated heterocycles. The molecule has 0 atom stereocenters. The smallest absolute Gasteiger partial charge is 0.118 e. The number of hydrogen-bond acceptors (Lipinski definition) is 2. The quantitative estimate of drug-likeness (QED) is 0.536. The number of benzene rings is 3. The van der Waals surface area contributed by atoms with Gasteiger partial charge in [0.2, 0.25) is 0 Å². The maximum Gasteiger partial charge on any atom is 0.118 e. The lowest BCUT2D eigenvalue weighted by atomic mass is 9.95. The second-order valence-electron chi connectivity index (χ2n) is 5.51. The molecule has 0 fully saturated rings. The van der Waals surface area contributed by atoms with Gasteiger partial charge in [-0.15, -0.1) is 0 Å². The average molecular weight is 351 g/mol. The molecule has 0 heterocycles. The van der Waals surface area contributed by atoms with E-state index < -0.39 is 0 Å². The minimum Gasteiger partial charge on any atom is -0.497 e. The van der Waals surface area contributed by atoms with Crippen LogP contribution in [0.25, 0.3) is 10.6 Å². The molecule has 3 heteroatoms. The largest absolute Gasteiger partial charge is 0.497 e. The Morgan fingerprint density at radius 3 is 1.44 bits per heavy atom. The van der Waals surface area contributed by atoms with Crippen molar-refractivity contribution < 1.29 is 9.47 Å². The fraction of sp³-hybridized carbons (Fsp3) is 0.0909. The Kier molecular flexibility index (Phi) is 5.42. The molecule has 0 radical (unpaired) electrons. The molecular weight excluding hydrogens is 332 g/mol. The van der Waals surface area contributed by atoms with E-state index in [2.05, 4.69) is 0 Å². The van der Waals surface area contributed by atoms with Gasteiger partial charge in [0.15, 0.2) is 0 Å². The Morgan fingerprint density at radius 1 is 0.600 bits per heavy atom. The third-order valence-corrected chi connectivity index (χ3v) is 4.41. The minimum atomic E-state index is 0.705. The fourth-order valence-corrected chi connectivity index (χ4v) is 3.01. The highest BCUT2D eigenvalue weighted by Gasteiger charge is 2.13. The molecule has 3 rings (SSSR count). The summed E-state index contributed by atoms with van der Waals surface area (Å²) in [6, 6.07) is 25.8. The Labute approximate surface area is 153 Å². The van der Waals surface area contributed by atoms with E-state index in [1.165, 1.54) is 0 Å². The second kappa shape index (κ2) is 7.91. The first-order valence-corrected chi connectivity index (χ1v) is 8.35. The predicted molar refractivity (Wildman–Crippen MR) is 104 cm³/mol. The molecule has 0 aliphatic rings. The van der Waals surface area contributed by atoms with Gasteiger partial charge in [0.1, 0.15) is 11.5 Å². The highest BCUT2D eigenvalue weighted by atomic mass is 35.5. The van der Waals surface area contributed by atoms with Gasteiger partial charge in [0, 0.05) is 5.57 Å². The monoisotopic (exact) mass is 350 g/mol. The third-order valence-electron chi connectivity index (χ3n) is 4.00. The lowest BCUT2D eigenvalue weighted by molar-refractivity contribution is 0.414. The highest BCUT2D eigenvalue weighted by Crippen LogP contribution is 2.36. The zero-order valence-electron chi connectivity index (χ0n) is 14.2. The zero-order valence-corrected chi connectivity index (χ0v) is 15.0. The number of halogens is 1. The molecule has 3 aromatic rings. The fourth-order valence-electron chi connectivity index (χ4n) is 2.66. The molecule has 0 N–H and O–H groups in total. The van der Waals surface area contributed by atoms with Crippen molar-refractivity contribution in [3.8, 4) is 11.5 Å². The van der Waals surface area contributed by atoms with Gasteiger partial charge in [0.25, 0.3) is 0 Å². The van der Waals surface area contributed by atoms with Crippen LogP contribution in [0.5, 0.6) is 11.5 Å². The second-order valence-corrected chi connectivity index (χ2v) is 5.89. The molecule has 0 aliphatic carbocycles. The van der Waals surface area contributed by atoms with Gasteiger partial charge in [-0.1, -0.05) is 66.2 Å². The maximum absolute atomic E-state index is 6.81. The third kappa shape index (κ3) is 3.86. The van der Waals surface area contributed by atoms with Crippen LogP contribution in [0.3, 0.4) is 0 Å². The van der Waals surface area contributed by atoms with Crippen molar-refractivity contribution in [2.75, 3.05) is 14.2 Å². The molecule has 0 bridgehead atoms. The standard InChI is InChI=1S/C22H19ClO2/c1-24-19-12-8-16(9-13-19)21(17-10-14-20(25-2)15-11-17)22(23)18-6-4-3-5-7-18/h3-15H,1-2H3. The zero-order chi connectivity index (χ0) is 17.6. The van der Waals surface area contributed by atoms with E-state index in [1.54, 1.807) is 14.2 Å². The van der Waals surface area contributed by atoms with Gasteiger partial charge in [-0.2, -0.15) is 0 Å². The summed E-state index contributed by atoms with van der Waals surface area (Å²) in [7, 11) is 3.32. The molecule has 25 heavy (non-hydrogen) atoms. The van der Waals surface area contributed by atoms with E-state index >= 15 is 0 Å². The normalized spacial score (nSPS) is 10.2. The summed E-state index contributed by atoms with van der Waals surface area (Å²) in [5.74, 6) is 1.63. The Hall–Kier alpha value is -2.71. The van der Waals surface area contributed by atoms with E-state index in [0.717, 1.165) is 33.8 Å². The molecular formula is C22H19ClO2. The molecule has 0 aliphatic heterocycles. The van der Waals surface area contributed by atoms with Crippen molar-refractivity contribution in [3.05, 3.63) is 95.6 Å². The van der Waals surface area contributed by atoms with E-state index in [4.69, 9.17) is 21.1 Å². The van der Waals surface area contributed by atoms with E-state index in [0.29, 0.717) is 5.03 Å². The van der Waals surface area contributed by atoms with Crippen molar-refractivity contribution in [2.24, 2.45) is 0 Å². The first-order chi connectivity index (χ1) is 12.2. The average Bonchev–Trinajstić information content (AvgIpc) is 2.70. The maximum atomic E-state index is 6.81. The van der Waals surface area contributed by atoms with Crippen LogP contribution in [0.15, 0.2) is 78.9 Å². The Balaban J connectivity index is 2.16. The number of methoxy groups -OCH3 is 2. The number of hydrogen-bond donors (Lipinski definition) is 0. The molecule has 0 unspecified atom stereocenters. The highest BCUT2D eigenvalue weighted by molar-refractivity contribution is 6.53. The van der Waals surface area contributed by atoms with Crippen LogP contribution in [-0.4, -0.2) is 14.2 Å². The van der Waals surface area contributed by atoms with Crippen LogP contribution in [-0.2, 0) is 0 Å². The predicted octanol–water partition coefficient (Wildman–Crippen LogP) is 5.86. The van der Waals surface area contributed by atoms with Crippen molar-refractivity contribution in [2.45, 2.75) is 0 Å². The number of ether oxygens (including phenoxy) is 2. The van der Waals surface area contributed by atoms with Crippen molar-refractivity contribution in [1.29, 1.82) is 0 Å². The van der Waals surface area contributed by atoms with Crippen molar-refractivity contribution in [3.63, 3.8) is 0 Å². The van der Waals surface area contributed by atoms with Gasteiger partial charge in [-0.3, -0.25) is 0 Å². The summed E-state index contributed by atoms with van der Waals surface area (Å²) in [5.41, 5.74) is 4.00. The van der Waals surface area contributed by atoms with E-state index in [-0.39, 0.29) is 0 Å². The van der Waals surface area contributed by atoms with Gasteiger partial charge in [-0.25, -0.2) is 0 Å². The summed E-state index contributed by atoms with van der Waals surface area (Å²) >= 11 is 6.81. The Morgan fingerprint density at radius 2 is 1.04 bits per heavy atom. The molecule has 0 spiro atoms. The van der Waals surface area contributed by atoms with Crippen LogP contribution >= 0.6 is 11.6 Å². The molecule has 0 saturated carbocycles. The van der Waals surface area contributed by atoms with Gasteiger partial charge >= 0.3 is 0 Å². The van der Waals surface area contributed by atoms with E-state index in [1.807, 2.05) is 78.9 Å². The first-order valence-electron chi connectivity index (χ1n) is 7.97. The summed E-state index contributed by atoms with van der Waals surface area (Å²) < 4.78 is 10.5. The van der Waals surface area contributed by atoms with Crippen molar-refractivity contribution >= 4 is 22.2 Å². The van der Waals surface area contributed by atoms with Crippen LogP contribution in [0, 0.1) is 0 Å². The van der Waals surface area contributed by atoms with Gasteiger partial charge in [-0.05, 0) is 41.0 Å². The van der Waals surface area contributed by atoms with E-state index in [9.17, 15) is 0 Å². The van der Waals surface area contributed by atoms with Gasteiger partial charge in [0.05, 0.1) is 19.3 Å². The summed E-state index contributed by atoms with van der Waals surface area (Å²) in [4.78, 5) is 0. The summed E-state index contributed by atoms with van der Waals surface area (Å²) in [5, 5.41) is 0.705. The van der Waals surface area contributed by atoms with Crippen LogP contribution in [0.1, 0.15) is 16.7 Å². The SMILES string of the molecule is COc1ccc(C(=C(Cl)c2ccccc2)c2ccc(OC)cc2)cc1. The van der Waals surface area contributed by atoms with Gasteiger partial charge < -0.3 is 9.47 Å². The summed E-state index contributed by atoms with van der Waals surface area (Å²) in [6.07, 6.45) is 0. The molecule has 3 aromatic carbocycles. The topological polar surface area (TPSA) is 18.5 Å². The lowest BCUT2D eigenvalue weighted by Gasteiger charge is -2.13. The number of rotatable bonds is 5. The Bertz CT molecular complexity index is 801. The van der Waals surface area contributed by atoms with Crippen LogP contribution in [0.4, 0.5) is 0 Å². The minimum absolute atomic E-state index is 0.705. The molecule has 0 aromatic heterocycles. The first kappa shape index (κ1) is 17.1. The molecule has 0 amide bonds.